The Morgan fingerprint density at radius 2 is 1.60 bits per heavy atom. The molecule has 0 N–H and O–H groups in total. The van der Waals surface area contributed by atoms with Crippen LogP contribution in [0.15, 0.2) is 89.5 Å². The second-order valence-corrected chi connectivity index (χ2v) is 10.4. The Labute approximate surface area is 245 Å². The van der Waals surface area contributed by atoms with Gasteiger partial charge < -0.3 is 4.42 Å². The third-order valence-electron chi connectivity index (χ3n) is 7.90. The number of nitrogens with zero attached hydrogens (tertiary/aromatic N) is 3. The van der Waals surface area contributed by atoms with Crippen molar-refractivity contribution >= 4 is 43.9 Å². The lowest BCUT2D eigenvalue weighted by molar-refractivity contribution is -0.633. The molecule has 7 aromatic rings. The van der Waals surface area contributed by atoms with Gasteiger partial charge in [0.05, 0.1) is 7.05 Å². The maximum Gasteiger partial charge on any atom is 0.299 e. The third-order valence-corrected chi connectivity index (χ3v) is 7.90. The molecule has 3 heterocycles. The molecule has 2 atom stereocenters. The molecule has 0 bridgehead atoms. The molecule has 3 aromatic heterocycles. The summed E-state index contributed by atoms with van der Waals surface area (Å²) in [5, 5.41) is 3.55. The van der Waals surface area contributed by atoms with Crippen LogP contribution in [0.5, 0.6) is 0 Å². The average molecular weight is 533 g/mol. The van der Waals surface area contributed by atoms with E-state index in [9.17, 15) is 2.74 Å². The van der Waals surface area contributed by atoms with Crippen LogP contribution in [0.2, 0.25) is 0 Å². The molecule has 7 rings (SSSR count). The second kappa shape index (κ2) is 9.06. The molecule has 40 heavy (non-hydrogen) atoms. The van der Waals surface area contributed by atoms with Crippen molar-refractivity contribution in [3.05, 3.63) is 102 Å². The van der Waals surface area contributed by atoms with Crippen LogP contribution in [0, 0.1) is 6.92 Å². The SMILES string of the molecule is [2H]C([2H])([2H])C([2H])(C)c1cccc(C([2H])(C)C([2H])([2H])[2H])c1-n1c(-c2c(C)ccc3c2oc2ncccc23)[n+](C)c2c3ccccc3ccc21. The van der Waals surface area contributed by atoms with E-state index in [1.54, 1.807) is 24.4 Å². The summed E-state index contributed by atoms with van der Waals surface area (Å²) in [5.41, 5.74) is 4.31. The van der Waals surface area contributed by atoms with Gasteiger partial charge in [0.15, 0.2) is 16.6 Å². The highest BCUT2D eigenvalue weighted by Crippen LogP contribution is 2.42. The molecule has 0 aliphatic heterocycles. The molecule has 0 aliphatic rings. The molecule has 198 valence electrons. The van der Waals surface area contributed by atoms with Crippen LogP contribution in [0.1, 0.15) is 67.0 Å². The first kappa shape index (κ1) is 17.3. The molecule has 0 saturated carbocycles. The van der Waals surface area contributed by atoms with Crippen LogP contribution in [-0.4, -0.2) is 9.55 Å². The monoisotopic (exact) mass is 532 g/mol. The predicted octanol–water partition coefficient (Wildman–Crippen LogP) is 9.12. The first-order chi connectivity index (χ1) is 22.5. The number of fused-ring (bicyclic) bond motifs is 6. The largest absolute Gasteiger partial charge is 0.437 e. The van der Waals surface area contributed by atoms with E-state index in [2.05, 4.69) is 4.98 Å². The zero-order chi connectivity index (χ0) is 34.6. The van der Waals surface area contributed by atoms with E-state index < -0.39 is 25.5 Å². The number of furan rings is 1. The number of aromatic nitrogens is 3. The van der Waals surface area contributed by atoms with Gasteiger partial charge in [-0.05, 0) is 60.0 Å². The molecular formula is C36H34N3O+. The summed E-state index contributed by atoms with van der Waals surface area (Å²) in [6.07, 6.45) is 1.66. The summed E-state index contributed by atoms with van der Waals surface area (Å²) in [6.45, 7) is -1.00. The first-order valence-corrected chi connectivity index (χ1v) is 13.3. The fraction of sp³-hybridized carbons (Fsp3) is 0.222. The predicted molar refractivity (Wildman–Crippen MR) is 165 cm³/mol. The highest BCUT2D eigenvalue weighted by atomic mass is 16.3. The summed E-state index contributed by atoms with van der Waals surface area (Å²) in [5.74, 6) is -3.80. The van der Waals surface area contributed by atoms with Crippen molar-refractivity contribution in [1.82, 2.24) is 9.55 Å². The van der Waals surface area contributed by atoms with E-state index in [0.717, 1.165) is 32.6 Å². The zero-order valence-corrected chi connectivity index (χ0v) is 22.8. The summed E-state index contributed by atoms with van der Waals surface area (Å²) < 4.78 is 79.5. The fourth-order valence-electron chi connectivity index (χ4n) is 6.09. The Bertz CT molecular complexity index is 2370. The van der Waals surface area contributed by atoms with E-state index in [1.807, 2.05) is 83.8 Å². The number of rotatable bonds is 4. The standard InChI is InChI=1S/C36H34N3O/c1-21(2)25-13-9-14-26(22(3)4)32(25)39-30-19-17-24-11-7-8-12-27(24)33(30)38(6)36(39)31-23(5)16-18-28-29-15-10-20-37-35(29)40-34(28)31/h7-22H,1-6H3/q+1/i1D3,3D3,21D,22D. The minimum Gasteiger partial charge on any atom is -0.437 e. The van der Waals surface area contributed by atoms with Gasteiger partial charge in [0.25, 0.3) is 5.82 Å². The van der Waals surface area contributed by atoms with Crippen LogP contribution < -0.4 is 4.57 Å². The van der Waals surface area contributed by atoms with E-state index in [1.165, 1.54) is 13.8 Å². The number of para-hydroxylation sites is 1. The minimum atomic E-state index is -2.79. The fourth-order valence-corrected chi connectivity index (χ4v) is 6.09. The van der Waals surface area contributed by atoms with Crippen LogP contribution in [0.4, 0.5) is 0 Å². The van der Waals surface area contributed by atoms with Gasteiger partial charge >= 0.3 is 0 Å². The van der Waals surface area contributed by atoms with Crippen molar-refractivity contribution in [3.8, 4) is 17.1 Å². The van der Waals surface area contributed by atoms with Crippen molar-refractivity contribution in [2.75, 3.05) is 0 Å². The van der Waals surface area contributed by atoms with Gasteiger partial charge in [0.1, 0.15) is 11.3 Å². The number of pyridine rings is 1. The average Bonchev–Trinajstić information content (AvgIpc) is 3.54. The van der Waals surface area contributed by atoms with E-state index in [-0.39, 0.29) is 16.8 Å². The van der Waals surface area contributed by atoms with E-state index in [4.69, 9.17) is 12.6 Å². The Morgan fingerprint density at radius 3 is 2.38 bits per heavy atom. The minimum absolute atomic E-state index is 0.0748. The molecule has 2 unspecified atom stereocenters. The van der Waals surface area contributed by atoms with Gasteiger partial charge in [-0.2, -0.15) is 4.57 Å². The lowest BCUT2D eigenvalue weighted by Crippen LogP contribution is -2.31. The highest BCUT2D eigenvalue weighted by Gasteiger charge is 2.34. The maximum absolute atomic E-state index is 9.32. The van der Waals surface area contributed by atoms with Crippen LogP contribution in [0.25, 0.3) is 61.0 Å². The molecule has 0 spiro atoms. The summed E-state index contributed by atoms with van der Waals surface area (Å²) >= 11 is 0. The van der Waals surface area contributed by atoms with Crippen molar-refractivity contribution < 1.29 is 20.0 Å². The molecule has 0 saturated heterocycles. The quantitative estimate of drug-likeness (QED) is 0.212. The van der Waals surface area contributed by atoms with Crippen molar-refractivity contribution in [2.24, 2.45) is 7.05 Å². The lowest BCUT2D eigenvalue weighted by Gasteiger charge is -2.18. The molecule has 4 nitrogen and oxygen atoms in total. The van der Waals surface area contributed by atoms with Crippen molar-refractivity contribution in [2.45, 2.75) is 46.3 Å². The normalized spacial score (nSPS) is 18.7. The number of benzene rings is 4. The molecule has 4 heteroatoms. The Balaban J connectivity index is 1.77. The molecule has 0 radical (unpaired) electrons. The summed E-state index contributed by atoms with van der Waals surface area (Å²) in [6, 6.07) is 24.2. The Hall–Kier alpha value is -4.44. The molecule has 0 fully saturated rings. The number of aryl methyl sites for hydroxylation is 2. The van der Waals surface area contributed by atoms with Gasteiger partial charge in [-0.1, -0.05) is 76.1 Å². The smallest absolute Gasteiger partial charge is 0.299 e. The van der Waals surface area contributed by atoms with Crippen LogP contribution >= 0.6 is 0 Å². The van der Waals surface area contributed by atoms with Gasteiger partial charge in [0.2, 0.25) is 5.71 Å². The maximum atomic E-state index is 9.32. The van der Waals surface area contributed by atoms with E-state index >= 15 is 0 Å². The summed E-state index contributed by atoms with van der Waals surface area (Å²) in [4.78, 5) is 4.46. The summed E-state index contributed by atoms with van der Waals surface area (Å²) in [7, 11) is 1.91. The zero-order valence-electron chi connectivity index (χ0n) is 30.8. The van der Waals surface area contributed by atoms with Gasteiger partial charge in [-0.15, -0.1) is 0 Å². The first-order valence-electron chi connectivity index (χ1n) is 17.3. The third kappa shape index (κ3) is 3.45. The molecule has 0 aliphatic carbocycles. The molecule has 4 aromatic carbocycles. The van der Waals surface area contributed by atoms with Crippen LogP contribution in [-0.2, 0) is 7.05 Å². The molecule has 0 amide bonds. The van der Waals surface area contributed by atoms with Gasteiger partial charge in [0, 0.05) is 44.4 Å². The van der Waals surface area contributed by atoms with Gasteiger partial charge in [-0.25, -0.2) is 9.55 Å². The van der Waals surface area contributed by atoms with Gasteiger partial charge in [-0.3, -0.25) is 0 Å². The number of hydrogen-bond donors (Lipinski definition) is 0. The lowest BCUT2D eigenvalue weighted by atomic mass is 9.92. The van der Waals surface area contributed by atoms with E-state index in [0.29, 0.717) is 28.2 Å². The number of imidazole rings is 1. The topological polar surface area (TPSA) is 34.8 Å². The Morgan fingerprint density at radius 1 is 0.850 bits per heavy atom. The molecular weight excluding hydrogens is 490 g/mol. The highest BCUT2D eigenvalue weighted by molar-refractivity contribution is 6.10. The number of hydrogen-bond acceptors (Lipinski definition) is 2. The second-order valence-electron chi connectivity index (χ2n) is 10.4. The van der Waals surface area contributed by atoms with Crippen molar-refractivity contribution in [3.63, 3.8) is 0 Å². The van der Waals surface area contributed by atoms with Crippen LogP contribution in [0.3, 0.4) is 0 Å². The Kier molecular flexibility index (Phi) is 3.91. The van der Waals surface area contributed by atoms with Crippen molar-refractivity contribution in [1.29, 1.82) is 0 Å².